The Morgan fingerprint density at radius 3 is 2.72 bits per heavy atom. The largest absolute Gasteiger partial charge is 0.394 e. The molecule has 1 aromatic carbocycles. The highest BCUT2D eigenvalue weighted by molar-refractivity contribution is 5.56. The molecule has 32 heavy (non-hydrogen) atoms. The fourth-order valence-electron chi connectivity index (χ4n) is 3.28. The van der Waals surface area contributed by atoms with Crippen molar-refractivity contribution in [2.24, 2.45) is 0 Å². The number of benzene rings is 1. The highest BCUT2D eigenvalue weighted by Crippen LogP contribution is 2.20. The molecule has 0 unspecified atom stereocenters. The van der Waals surface area contributed by atoms with Gasteiger partial charge < -0.3 is 18.8 Å². The molecular formula is C24H29FN4O3. The summed E-state index contributed by atoms with van der Waals surface area (Å²) in [5, 5.41) is 12.5. The highest BCUT2D eigenvalue weighted by Gasteiger charge is 2.07. The van der Waals surface area contributed by atoms with Crippen LogP contribution < -0.4 is 0 Å². The summed E-state index contributed by atoms with van der Waals surface area (Å²) in [5.41, 5.74) is 5.92. The molecule has 3 heterocycles. The molecule has 1 N–H and O–H groups in total. The Balaban J connectivity index is 0.000000181. The number of aliphatic hydroxyl groups excluding tert-OH is 1. The first-order chi connectivity index (χ1) is 15.5. The lowest BCUT2D eigenvalue weighted by atomic mass is 10.0. The van der Waals surface area contributed by atoms with Gasteiger partial charge in [-0.15, -0.1) is 0 Å². The van der Waals surface area contributed by atoms with Crippen LogP contribution in [-0.4, -0.2) is 37.8 Å². The quantitative estimate of drug-likeness (QED) is 0.403. The van der Waals surface area contributed by atoms with E-state index in [0.29, 0.717) is 36.3 Å². The van der Waals surface area contributed by atoms with Crippen molar-refractivity contribution in [1.29, 1.82) is 0 Å². The number of aliphatic hydroxyl groups is 1. The summed E-state index contributed by atoms with van der Waals surface area (Å²) >= 11 is 0. The molecule has 0 atom stereocenters. The summed E-state index contributed by atoms with van der Waals surface area (Å²) in [5.74, 6) is 1.28. The van der Waals surface area contributed by atoms with Crippen molar-refractivity contribution in [3.05, 3.63) is 71.0 Å². The van der Waals surface area contributed by atoms with Crippen LogP contribution in [0.25, 0.3) is 17.0 Å². The Kier molecular flexibility index (Phi) is 8.47. The smallest absolute Gasteiger partial charge is 0.223 e. The number of pyridine rings is 1. The minimum atomic E-state index is -0.526. The van der Waals surface area contributed by atoms with E-state index < -0.39 is 6.67 Å². The van der Waals surface area contributed by atoms with E-state index in [9.17, 15) is 4.39 Å². The number of nitrogens with zero attached hydrogens (tertiary/aromatic N) is 4. The summed E-state index contributed by atoms with van der Waals surface area (Å²) < 4.78 is 24.4. The van der Waals surface area contributed by atoms with Gasteiger partial charge in [-0.3, -0.25) is 0 Å². The van der Waals surface area contributed by atoms with E-state index in [2.05, 4.69) is 41.1 Å². The minimum absolute atomic E-state index is 0.0115. The van der Waals surface area contributed by atoms with Crippen LogP contribution in [0, 0.1) is 13.8 Å². The molecule has 3 aromatic heterocycles. The van der Waals surface area contributed by atoms with E-state index in [4.69, 9.17) is 14.4 Å². The molecule has 4 rings (SSSR count). The third-order valence-electron chi connectivity index (χ3n) is 4.95. The Bertz CT molecular complexity index is 1140. The van der Waals surface area contributed by atoms with Gasteiger partial charge in [0.25, 0.3) is 0 Å². The summed E-state index contributed by atoms with van der Waals surface area (Å²) in [6.07, 6.45) is 5.54. The molecule has 0 bridgehead atoms. The van der Waals surface area contributed by atoms with E-state index in [1.165, 1.54) is 17.3 Å². The van der Waals surface area contributed by atoms with Gasteiger partial charge in [-0.1, -0.05) is 30.6 Å². The maximum Gasteiger partial charge on any atom is 0.223 e. The molecule has 0 radical (unpaired) electrons. The van der Waals surface area contributed by atoms with Crippen LogP contribution in [0.5, 0.6) is 0 Å². The molecule has 0 aliphatic heterocycles. The molecule has 0 fully saturated rings. The predicted octanol–water partition coefficient (Wildman–Crippen LogP) is 4.62. The fourth-order valence-corrected chi connectivity index (χ4v) is 3.28. The van der Waals surface area contributed by atoms with Crippen LogP contribution in [0.1, 0.15) is 41.6 Å². The topological polar surface area (TPSA) is 85.7 Å². The first-order valence-electron chi connectivity index (χ1n) is 10.6. The lowest BCUT2D eigenvalue weighted by Crippen LogP contribution is -2.00. The summed E-state index contributed by atoms with van der Waals surface area (Å²) in [4.78, 5) is 8.33. The molecule has 7 nitrogen and oxygen atoms in total. The molecule has 4 aromatic rings. The average molecular weight is 441 g/mol. The molecular weight excluding hydrogens is 411 g/mol. The average Bonchev–Trinajstić information content (AvgIpc) is 3.42. The number of rotatable bonds is 8. The van der Waals surface area contributed by atoms with Crippen LogP contribution in [-0.2, 0) is 24.4 Å². The Hall–Kier alpha value is -3.10. The first kappa shape index (κ1) is 23.6. The van der Waals surface area contributed by atoms with Gasteiger partial charge in [0.2, 0.25) is 11.7 Å². The van der Waals surface area contributed by atoms with Gasteiger partial charge in [-0.2, -0.15) is 4.98 Å². The van der Waals surface area contributed by atoms with E-state index in [-0.39, 0.29) is 6.61 Å². The van der Waals surface area contributed by atoms with Crippen LogP contribution in [0.3, 0.4) is 0 Å². The maximum atomic E-state index is 12.5. The number of alkyl halides is 1. The van der Waals surface area contributed by atoms with Crippen molar-refractivity contribution < 1.29 is 18.8 Å². The standard InChI is InChI=1S/C13H16N2O.C11H13FN2O2/c1-4-5-11-8-12(7-6-9(11)2)13-14-10(3)16-15-13;12-6-10-7-13-11-5-9(1-2-14(10)11)8-16-4-3-15/h6-8H,4-5H2,1-3H3;1-2,5,7,15H,3-4,6,8H2. The van der Waals surface area contributed by atoms with E-state index in [1.807, 2.05) is 18.2 Å². The summed E-state index contributed by atoms with van der Waals surface area (Å²) in [6.45, 7) is 6.35. The van der Waals surface area contributed by atoms with Gasteiger partial charge >= 0.3 is 0 Å². The van der Waals surface area contributed by atoms with E-state index in [1.54, 1.807) is 17.5 Å². The predicted molar refractivity (Wildman–Crippen MR) is 120 cm³/mol. The molecule has 0 aliphatic carbocycles. The summed E-state index contributed by atoms with van der Waals surface area (Å²) in [6, 6.07) is 10.0. The zero-order valence-corrected chi connectivity index (χ0v) is 18.7. The van der Waals surface area contributed by atoms with E-state index >= 15 is 0 Å². The van der Waals surface area contributed by atoms with Crippen molar-refractivity contribution in [2.45, 2.75) is 46.9 Å². The number of halogens is 1. The Labute approximate surface area is 186 Å². The second kappa shape index (κ2) is 11.5. The second-order valence-corrected chi connectivity index (χ2v) is 7.45. The number of aromatic nitrogens is 4. The molecule has 170 valence electrons. The van der Waals surface area contributed by atoms with Gasteiger partial charge in [0.05, 0.1) is 31.7 Å². The van der Waals surface area contributed by atoms with Crippen LogP contribution in [0.4, 0.5) is 4.39 Å². The third kappa shape index (κ3) is 5.99. The minimum Gasteiger partial charge on any atom is -0.394 e. The zero-order chi connectivity index (χ0) is 22.9. The number of imidazole rings is 1. The number of hydrogen-bond donors (Lipinski definition) is 1. The van der Waals surface area contributed by atoms with Gasteiger partial charge in [0.15, 0.2) is 0 Å². The Morgan fingerprint density at radius 1 is 1.19 bits per heavy atom. The van der Waals surface area contributed by atoms with E-state index in [0.717, 1.165) is 24.0 Å². The number of aryl methyl sites for hydroxylation is 3. The number of fused-ring (bicyclic) bond motifs is 1. The normalized spacial score (nSPS) is 10.9. The van der Waals surface area contributed by atoms with Crippen molar-refractivity contribution in [2.75, 3.05) is 13.2 Å². The SMILES string of the molecule is CCCc1cc(-c2noc(C)n2)ccc1C.OCCOCc1ccn2c(CF)cnc2c1. The molecule has 0 aliphatic rings. The number of ether oxygens (including phenoxy) is 1. The zero-order valence-electron chi connectivity index (χ0n) is 18.7. The second-order valence-electron chi connectivity index (χ2n) is 7.45. The summed E-state index contributed by atoms with van der Waals surface area (Å²) in [7, 11) is 0. The number of hydrogen-bond acceptors (Lipinski definition) is 6. The van der Waals surface area contributed by atoms with Gasteiger partial charge in [-0.05, 0) is 48.2 Å². The lowest BCUT2D eigenvalue weighted by Gasteiger charge is -2.05. The monoisotopic (exact) mass is 440 g/mol. The van der Waals surface area contributed by atoms with Gasteiger partial charge in [0.1, 0.15) is 12.3 Å². The third-order valence-corrected chi connectivity index (χ3v) is 4.95. The molecule has 0 amide bonds. The Morgan fingerprint density at radius 2 is 2.03 bits per heavy atom. The molecule has 0 spiro atoms. The molecule has 0 saturated carbocycles. The fraction of sp³-hybridized carbons (Fsp3) is 0.375. The highest BCUT2D eigenvalue weighted by atomic mass is 19.1. The molecule has 8 heteroatoms. The van der Waals surface area contributed by atoms with Crippen molar-refractivity contribution in [1.82, 2.24) is 19.5 Å². The lowest BCUT2D eigenvalue weighted by molar-refractivity contribution is 0.0815. The van der Waals surface area contributed by atoms with Crippen molar-refractivity contribution in [3.8, 4) is 11.4 Å². The van der Waals surface area contributed by atoms with Crippen LogP contribution in [0.2, 0.25) is 0 Å². The van der Waals surface area contributed by atoms with Crippen LogP contribution in [0.15, 0.2) is 47.2 Å². The van der Waals surface area contributed by atoms with Crippen LogP contribution >= 0.6 is 0 Å². The molecule has 0 saturated heterocycles. The first-order valence-corrected chi connectivity index (χ1v) is 10.6. The van der Waals surface area contributed by atoms with Crippen molar-refractivity contribution >= 4 is 5.65 Å². The maximum absolute atomic E-state index is 12.5. The van der Waals surface area contributed by atoms with Gasteiger partial charge in [-0.25, -0.2) is 9.37 Å². The van der Waals surface area contributed by atoms with Gasteiger partial charge in [0, 0.05) is 18.7 Å². The van der Waals surface area contributed by atoms with Crippen molar-refractivity contribution in [3.63, 3.8) is 0 Å².